The number of rotatable bonds is 14. The zero-order valence-electron chi connectivity index (χ0n) is 54.8. The predicted molar refractivity (Wildman–Crippen MR) is 450 cm³/mol. The van der Waals surface area contributed by atoms with Crippen molar-refractivity contribution in [1.82, 2.24) is 0 Å². The Morgan fingerprint density at radius 3 is 0.887 bits per heavy atom. The largest absolute Gasteiger partial charge is 0.508 e. The second-order valence-electron chi connectivity index (χ2n) is 23.0. The van der Waals surface area contributed by atoms with E-state index < -0.39 is 0 Å². The van der Waals surface area contributed by atoms with Crippen molar-refractivity contribution < 1.29 is 35.7 Å². The van der Waals surface area contributed by atoms with E-state index in [-0.39, 0.29) is 104 Å². The quantitative estimate of drug-likeness (QED) is 0.0575. The van der Waals surface area contributed by atoms with Crippen LogP contribution in [0.4, 0.5) is 0 Å². The molecule has 0 aliphatic carbocycles. The summed E-state index contributed by atoms with van der Waals surface area (Å²) in [7, 11) is 0. The average Bonchev–Trinajstić information content (AvgIpc) is 0.911. The van der Waals surface area contributed by atoms with Crippen LogP contribution < -0.4 is 0 Å². The number of benzene rings is 7. The maximum atomic E-state index is 9.59. The summed E-state index contributed by atoms with van der Waals surface area (Å²) < 4.78 is 0. The molecule has 7 heteroatoms. The number of hydrogen-bond acceptors (Lipinski definition) is 7. The highest BCUT2D eigenvalue weighted by Crippen LogP contribution is 2.31. The van der Waals surface area contributed by atoms with Gasteiger partial charge >= 0.3 is 0 Å². The van der Waals surface area contributed by atoms with Crippen molar-refractivity contribution in [1.29, 1.82) is 0 Å². The molecular weight excluding hydrogens is 1190 g/mol. The lowest BCUT2D eigenvalue weighted by molar-refractivity contribution is 0.462. The summed E-state index contributed by atoms with van der Waals surface area (Å²) in [5.41, 5.74) is 14.9. The van der Waals surface area contributed by atoms with Gasteiger partial charge in [-0.25, -0.2) is 0 Å². The van der Waals surface area contributed by atoms with Crippen LogP contribution in [0.25, 0.3) is 0 Å². The minimum Gasteiger partial charge on any atom is -0.508 e. The topological polar surface area (TPSA) is 142 Å². The smallest absolute Gasteiger partial charge is 0.121 e. The Labute approximate surface area is 607 Å². The number of phenolic OH excluding ortho intramolecular Hbond substituents is 7. The van der Waals surface area contributed by atoms with Crippen LogP contribution >= 0.6 is 0 Å². The molecule has 0 saturated heterocycles. The molecule has 7 unspecified atom stereocenters. The lowest BCUT2D eigenvalue weighted by atomic mass is 9.92. The number of aromatic hydroxyl groups is 7. The van der Waals surface area contributed by atoms with Crippen LogP contribution in [0.1, 0.15) is 360 Å². The van der Waals surface area contributed by atoms with Crippen molar-refractivity contribution in [3.63, 3.8) is 0 Å². The predicted octanol–water partition coefficient (Wildman–Crippen LogP) is 31.1. The third kappa shape index (κ3) is 43.9. The van der Waals surface area contributed by atoms with Crippen LogP contribution in [-0.2, 0) is 0 Å². The summed E-state index contributed by atoms with van der Waals surface area (Å²) in [5, 5.41) is 65.2. The molecular formula is C90H166O7. The molecule has 0 aliphatic rings. The van der Waals surface area contributed by atoms with Gasteiger partial charge in [0.15, 0.2) is 0 Å². The van der Waals surface area contributed by atoms with E-state index in [4.69, 9.17) is 10.2 Å². The molecule has 0 amide bonds. The van der Waals surface area contributed by atoms with Gasteiger partial charge in [-0.15, -0.1) is 0 Å². The monoisotopic (exact) mass is 1360 g/mol. The molecule has 7 rings (SSSR count). The van der Waals surface area contributed by atoms with E-state index in [0.29, 0.717) is 81.7 Å². The van der Waals surface area contributed by atoms with Gasteiger partial charge in [-0.05, 0) is 249 Å². The van der Waals surface area contributed by atoms with Crippen LogP contribution in [-0.4, -0.2) is 35.7 Å². The maximum Gasteiger partial charge on any atom is 0.121 e. The van der Waals surface area contributed by atoms with E-state index in [0.717, 1.165) is 78.3 Å². The van der Waals surface area contributed by atoms with Crippen molar-refractivity contribution in [3.8, 4) is 40.2 Å². The molecule has 568 valence electrons. The highest BCUT2D eigenvalue weighted by atomic mass is 16.3. The Morgan fingerprint density at radius 2 is 0.536 bits per heavy atom. The van der Waals surface area contributed by atoms with Crippen molar-refractivity contribution in [2.75, 3.05) is 0 Å². The molecule has 0 spiro atoms. The first-order valence-electron chi connectivity index (χ1n) is 30.7. The van der Waals surface area contributed by atoms with Gasteiger partial charge < -0.3 is 35.7 Å². The molecule has 0 bridgehead atoms. The first-order chi connectivity index (χ1) is 39.1. The third-order valence-electron chi connectivity index (χ3n) is 16.4. The summed E-state index contributed by atoms with van der Waals surface area (Å²) in [5.74, 6) is 6.68. The van der Waals surface area contributed by atoms with Crippen molar-refractivity contribution in [2.24, 2.45) is 0 Å². The number of para-hydroxylation sites is 1. The lowest BCUT2D eigenvalue weighted by Crippen LogP contribution is -1.95. The number of aryl methyl sites for hydroxylation is 6. The number of hydrogen-bond donors (Lipinski definition) is 7. The Bertz CT molecular complexity index is 2840. The zero-order valence-corrected chi connectivity index (χ0v) is 54.8. The molecule has 0 radical (unpaired) electrons. The van der Waals surface area contributed by atoms with Crippen LogP contribution in [0.15, 0.2) is 133 Å². The third-order valence-corrected chi connectivity index (χ3v) is 16.4. The standard InChI is InChI=1S/2C12H18O.2C11H16O.3C10H14O.14CH4/c1-5-8(2)11-6-10(4)12(13)7-9(11)3;1-5-8(2)11-6-9(3)12(13)10(4)7-11;2*1-4-8(2)10-5-6-11(12)9(3)7-10;1-3-8(2)9-4-6-10(11)7-5-9;1-3-8(2)9-5-4-6-10(11)7-9;1-3-8(2)9-6-4-5-7-10(9)11;;;;;;;;;;;;;;/h2*6-8,13H,5H2,1-4H3;2*5-8,12H,4H2,1-3H3;3*4-8,11H,3H2,1-2H3;14*1H4. The van der Waals surface area contributed by atoms with E-state index in [1.165, 1.54) is 38.9 Å². The molecule has 7 atom stereocenters. The Kier molecular flexibility index (Phi) is 82.9. The van der Waals surface area contributed by atoms with E-state index in [1.807, 2.05) is 101 Å². The van der Waals surface area contributed by atoms with Crippen LogP contribution in [0.3, 0.4) is 0 Å². The molecule has 7 aromatic carbocycles. The SMILES string of the molecule is C.C.C.C.C.C.C.C.C.C.C.C.C.C.CCC(C)c1cc(C)c(O)c(C)c1.CCC(C)c1cc(C)c(O)cc1C.CCC(C)c1ccc(O)c(C)c1.CCC(C)c1ccc(O)c(C)c1.CCC(C)c1ccc(O)cc1.CCC(C)c1cccc(O)c1.CCC(C)c1ccccc1O. The minimum absolute atomic E-state index is 0. The van der Waals surface area contributed by atoms with Crippen molar-refractivity contribution >= 4 is 0 Å². The van der Waals surface area contributed by atoms with E-state index >= 15 is 0 Å². The van der Waals surface area contributed by atoms with Gasteiger partial charge in [0.1, 0.15) is 40.2 Å². The molecule has 0 heterocycles. The molecule has 0 aromatic heterocycles. The van der Waals surface area contributed by atoms with Crippen LogP contribution in [0.2, 0.25) is 0 Å². The fourth-order valence-corrected chi connectivity index (χ4v) is 8.76. The fraction of sp³-hybridized carbons (Fsp3) is 0.533. The Balaban J connectivity index is -0.0000000675. The van der Waals surface area contributed by atoms with Crippen molar-refractivity contribution in [2.45, 2.75) is 329 Å². The molecule has 0 fully saturated rings. The number of phenols is 7. The van der Waals surface area contributed by atoms with E-state index in [1.54, 1.807) is 36.4 Å². The van der Waals surface area contributed by atoms with Gasteiger partial charge in [-0.1, -0.05) is 286 Å². The highest BCUT2D eigenvalue weighted by Gasteiger charge is 2.11. The molecule has 0 saturated carbocycles. The zero-order chi connectivity index (χ0) is 63.1. The summed E-state index contributed by atoms with van der Waals surface area (Å²) in [6.07, 6.45) is 7.90. The van der Waals surface area contributed by atoms with Gasteiger partial charge in [0.25, 0.3) is 0 Å². The summed E-state index contributed by atoms with van der Waals surface area (Å²) in [4.78, 5) is 0. The Hall–Kier alpha value is -6.86. The normalized spacial score (nSPS) is 11.1. The van der Waals surface area contributed by atoms with E-state index in [2.05, 4.69) is 134 Å². The molecule has 97 heavy (non-hydrogen) atoms. The van der Waals surface area contributed by atoms with E-state index in [9.17, 15) is 25.5 Å². The summed E-state index contributed by atoms with van der Waals surface area (Å²) in [6.45, 7) is 42.2. The van der Waals surface area contributed by atoms with Gasteiger partial charge in [0.2, 0.25) is 0 Å². The minimum atomic E-state index is 0. The van der Waals surface area contributed by atoms with Gasteiger partial charge in [-0.2, -0.15) is 0 Å². The Morgan fingerprint density at radius 1 is 0.227 bits per heavy atom. The first-order valence-corrected chi connectivity index (χ1v) is 30.7. The van der Waals surface area contributed by atoms with Gasteiger partial charge in [-0.3, -0.25) is 0 Å². The molecule has 7 aromatic rings. The lowest BCUT2D eigenvalue weighted by Gasteiger charge is -2.14. The molecule has 7 nitrogen and oxygen atoms in total. The second kappa shape index (κ2) is 65.1. The fourth-order valence-electron chi connectivity index (χ4n) is 8.76. The molecule has 7 N–H and O–H groups in total. The summed E-state index contributed by atoms with van der Waals surface area (Å²) in [6, 6.07) is 42.2. The van der Waals surface area contributed by atoms with Gasteiger partial charge in [0, 0.05) is 0 Å². The highest BCUT2D eigenvalue weighted by molar-refractivity contribution is 5.44. The maximum absolute atomic E-state index is 9.59. The van der Waals surface area contributed by atoms with Crippen LogP contribution in [0, 0.1) is 41.5 Å². The van der Waals surface area contributed by atoms with Gasteiger partial charge in [0.05, 0.1) is 0 Å². The molecule has 0 aliphatic heterocycles. The summed E-state index contributed by atoms with van der Waals surface area (Å²) >= 11 is 0. The first kappa shape index (κ1) is 124. The average molecular weight is 1360 g/mol. The second-order valence-corrected chi connectivity index (χ2v) is 23.0. The van der Waals surface area contributed by atoms with Crippen molar-refractivity contribution in [3.05, 3.63) is 206 Å². The van der Waals surface area contributed by atoms with Crippen LogP contribution in [0.5, 0.6) is 40.2 Å².